The molecule has 1 aromatic carbocycles. The molecular weight excluding hydrogens is 215 g/mol. The molecule has 0 heterocycles. The number of carbonyl (C=O) groups is 2. The predicted octanol–water partition coefficient (Wildman–Crippen LogP) is 1.54. The van der Waals surface area contributed by atoms with E-state index in [4.69, 9.17) is 10.2 Å². The summed E-state index contributed by atoms with van der Waals surface area (Å²) in [5, 5.41) is 17.3. The normalized spacial score (nSPS) is 12.1. The van der Waals surface area contributed by atoms with E-state index >= 15 is 0 Å². The maximum absolute atomic E-state index is 12.8. The number of hydrogen-bond acceptors (Lipinski definition) is 2. The molecule has 0 radical (unpaired) electrons. The topological polar surface area (TPSA) is 74.6 Å². The second-order valence-electron chi connectivity index (χ2n) is 3.47. The Kier molecular flexibility index (Phi) is 3.99. The summed E-state index contributed by atoms with van der Waals surface area (Å²) in [6.45, 7) is 0. The van der Waals surface area contributed by atoms with Crippen LogP contribution in [-0.4, -0.2) is 22.2 Å². The molecule has 0 aliphatic heterocycles. The Bertz CT molecular complexity index is 403. The Morgan fingerprint density at radius 3 is 2.50 bits per heavy atom. The van der Waals surface area contributed by atoms with Crippen molar-refractivity contribution in [3.8, 4) is 0 Å². The molecule has 0 spiro atoms. The molecule has 1 atom stereocenters. The van der Waals surface area contributed by atoms with Gasteiger partial charge >= 0.3 is 11.9 Å². The minimum Gasteiger partial charge on any atom is -0.481 e. The second kappa shape index (κ2) is 5.25. The molecule has 0 fully saturated rings. The highest BCUT2D eigenvalue weighted by Gasteiger charge is 2.21. The summed E-state index contributed by atoms with van der Waals surface area (Å²) in [4.78, 5) is 21.2. The fraction of sp³-hybridized carbons (Fsp3) is 0.273. The van der Waals surface area contributed by atoms with Crippen molar-refractivity contribution in [2.75, 3.05) is 0 Å². The molecule has 0 aliphatic carbocycles. The Labute approximate surface area is 91.3 Å². The van der Waals surface area contributed by atoms with Gasteiger partial charge in [0.1, 0.15) is 5.82 Å². The number of halogens is 1. The van der Waals surface area contributed by atoms with Crippen molar-refractivity contribution in [3.63, 3.8) is 0 Å². The van der Waals surface area contributed by atoms with Crippen LogP contribution in [0.25, 0.3) is 0 Å². The number of hydrogen-bond donors (Lipinski definition) is 2. The lowest BCUT2D eigenvalue weighted by Gasteiger charge is -2.09. The molecule has 86 valence electrons. The monoisotopic (exact) mass is 226 g/mol. The van der Waals surface area contributed by atoms with Crippen LogP contribution in [-0.2, 0) is 16.0 Å². The van der Waals surface area contributed by atoms with Gasteiger partial charge in [-0.2, -0.15) is 0 Å². The Morgan fingerprint density at radius 1 is 1.31 bits per heavy atom. The van der Waals surface area contributed by atoms with Crippen molar-refractivity contribution >= 4 is 11.9 Å². The molecule has 1 unspecified atom stereocenters. The van der Waals surface area contributed by atoms with Gasteiger partial charge in [0.15, 0.2) is 0 Å². The van der Waals surface area contributed by atoms with Crippen LogP contribution in [0.5, 0.6) is 0 Å². The molecule has 16 heavy (non-hydrogen) atoms. The maximum atomic E-state index is 12.8. The first-order valence-electron chi connectivity index (χ1n) is 4.68. The first-order valence-corrected chi connectivity index (χ1v) is 4.68. The third-order valence-electron chi connectivity index (χ3n) is 2.14. The lowest BCUT2D eigenvalue weighted by atomic mass is 9.96. The van der Waals surface area contributed by atoms with Crippen molar-refractivity contribution in [2.45, 2.75) is 12.8 Å². The van der Waals surface area contributed by atoms with Gasteiger partial charge in [-0.05, 0) is 24.1 Å². The first kappa shape index (κ1) is 12.2. The predicted molar refractivity (Wildman–Crippen MR) is 53.5 cm³/mol. The highest BCUT2D eigenvalue weighted by molar-refractivity contribution is 5.77. The summed E-state index contributed by atoms with van der Waals surface area (Å²) in [6, 6.07) is 5.49. The van der Waals surface area contributed by atoms with Crippen molar-refractivity contribution < 1.29 is 24.2 Å². The van der Waals surface area contributed by atoms with Crippen LogP contribution in [0.1, 0.15) is 12.0 Å². The van der Waals surface area contributed by atoms with Gasteiger partial charge in [-0.15, -0.1) is 0 Å². The lowest BCUT2D eigenvalue weighted by molar-refractivity contribution is -0.148. The Hall–Kier alpha value is -1.91. The molecule has 5 heteroatoms. The van der Waals surface area contributed by atoms with Gasteiger partial charge in [0, 0.05) is 0 Å². The van der Waals surface area contributed by atoms with Crippen LogP contribution in [0.15, 0.2) is 24.3 Å². The number of rotatable bonds is 5. The first-order chi connectivity index (χ1) is 7.49. The zero-order valence-corrected chi connectivity index (χ0v) is 8.39. The standard InChI is InChI=1S/C11H11FO4/c12-9-3-1-2-7(5-9)4-8(11(15)16)6-10(13)14/h1-3,5,8H,4,6H2,(H,13,14)(H,15,16). The lowest BCUT2D eigenvalue weighted by Crippen LogP contribution is -2.20. The van der Waals surface area contributed by atoms with Gasteiger partial charge in [0.25, 0.3) is 0 Å². The SMILES string of the molecule is O=C(O)CC(Cc1cccc(F)c1)C(=O)O. The van der Waals surface area contributed by atoms with Gasteiger partial charge in [-0.1, -0.05) is 12.1 Å². The van der Waals surface area contributed by atoms with E-state index in [1.54, 1.807) is 6.07 Å². The zero-order chi connectivity index (χ0) is 12.1. The fourth-order valence-electron chi connectivity index (χ4n) is 1.41. The van der Waals surface area contributed by atoms with Crippen LogP contribution in [0.4, 0.5) is 4.39 Å². The summed E-state index contributed by atoms with van der Waals surface area (Å²) in [7, 11) is 0. The highest BCUT2D eigenvalue weighted by Crippen LogP contribution is 2.14. The molecule has 0 saturated heterocycles. The van der Waals surface area contributed by atoms with E-state index in [-0.39, 0.29) is 6.42 Å². The van der Waals surface area contributed by atoms with E-state index in [0.29, 0.717) is 5.56 Å². The van der Waals surface area contributed by atoms with Crippen LogP contribution in [0, 0.1) is 11.7 Å². The van der Waals surface area contributed by atoms with Gasteiger partial charge in [0.05, 0.1) is 12.3 Å². The molecule has 0 bridgehead atoms. The number of benzene rings is 1. The largest absolute Gasteiger partial charge is 0.481 e. The average Bonchev–Trinajstić information content (AvgIpc) is 2.15. The molecule has 0 aromatic heterocycles. The number of aliphatic carboxylic acids is 2. The van der Waals surface area contributed by atoms with Crippen LogP contribution in [0.3, 0.4) is 0 Å². The smallest absolute Gasteiger partial charge is 0.307 e. The molecule has 0 aliphatic rings. The van der Waals surface area contributed by atoms with Crippen molar-refractivity contribution in [2.24, 2.45) is 5.92 Å². The van der Waals surface area contributed by atoms with E-state index in [1.165, 1.54) is 18.2 Å². The summed E-state index contributed by atoms with van der Waals surface area (Å²) in [5.41, 5.74) is 0.480. The second-order valence-corrected chi connectivity index (χ2v) is 3.47. The molecule has 1 aromatic rings. The van der Waals surface area contributed by atoms with Gasteiger partial charge in [-0.25, -0.2) is 4.39 Å². The number of carboxylic acid groups (broad SMARTS) is 2. The van der Waals surface area contributed by atoms with E-state index in [0.717, 1.165) is 0 Å². The minimum atomic E-state index is -1.19. The molecule has 1 rings (SSSR count). The summed E-state index contributed by atoms with van der Waals surface area (Å²) in [6.07, 6.45) is -0.453. The van der Waals surface area contributed by atoms with Crippen LogP contribution < -0.4 is 0 Å². The molecular formula is C11H11FO4. The van der Waals surface area contributed by atoms with E-state index in [1.807, 2.05) is 0 Å². The number of carboxylic acids is 2. The van der Waals surface area contributed by atoms with E-state index in [9.17, 15) is 14.0 Å². The summed E-state index contributed by atoms with van der Waals surface area (Å²) in [5.74, 6) is -3.85. The van der Waals surface area contributed by atoms with Gasteiger partial charge < -0.3 is 10.2 Å². The van der Waals surface area contributed by atoms with Gasteiger partial charge in [-0.3, -0.25) is 9.59 Å². The third kappa shape index (κ3) is 3.68. The maximum Gasteiger partial charge on any atom is 0.307 e. The minimum absolute atomic E-state index is 0.0133. The zero-order valence-electron chi connectivity index (χ0n) is 8.39. The Morgan fingerprint density at radius 2 is 2.00 bits per heavy atom. The van der Waals surface area contributed by atoms with Crippen molar-refractivity contribution in [1.29, 1.82) is 0 Å². The molecule has 2 N–H and O–H groups in total. The van der Waals surface area contributed by atoms with Crippen LogP contribution >= 0.6 is 0 Å². The molecule has 4 nitrogen and oxygen atoms in total. The summed E-state index contributed by atoms with van der Waals surface area (Å²) < 4.78 is 12.8. The highest BCUT2D eigenvalue weighted by atomic mass is 19.1. The van der Waals surface area contributed by atoms with E-state index < -0.39 is 30.1 Å². The fourth-order valence-corrected chi connectivity index (χ4v) is 1.41. The van der Waals surface area contributed by atoms with Crippen molar-refractivity contribution in [1.82, 2.24) is 0 Å². The summed E-state index contributed by atoms with van der Waals surface area (Å²) >= 11 is 0. The quantitative estimate of drug-likeness (QED) is 0.798. The molecule has 0 saturated carbocycles. The van der Waals surface area contributed by atoms with Gasteiger partial charge in [0.2, 0.25) is 0 Å². The van der Waals surface area contributed by atoms with Crippen LogP contribution in [0.2, 0.25) is 0 Å². The van der Waals surface area contributed by atoms with E-state index in [2.05, 4.69) is 0 Å². The molecule has 0 amide bonds. The third-order valence-corrected chi connectivity index (χ3v) is 2.14. The Balaban J connectivity index is 2.75. The average molecular weight is 226 g/mol. The van der Waals surface area contributed by atoms with Crippen molar-refractivity contribution in [3.05, 3.63) is 35.6 Å².